The molecule has 1 heterocycles. The van der Waals surface area contributed by atoms with Crippen LogP contribution in [0, 0.1) is 30.1 Å². The molecule has 4 rings (SSSR count). The number of amides is 1. The zero-order valence-corrected chi connectivity index (χ0v) is 17.7. The molecule has 0 bridgehead atoms. The predicted molar refractivity (Wildman–Crippen MR) is 118 cm³/mol. The van der Waals surface area contributed by atoms with Gasteiger partial charge in [-0.2, -0.15) is 5.26 Å². The van der Waals surface area contributed by atoms with Gasteiger partial charge >= 0.3 is 0 Å². The first kappa shape index (κ1) is 20.6. The van der Waals surface area contributed by atoms with Crippen LogP contribution in [0.5, 0.6) is 0 Å². The average molecular weight is 403 g/mol. The molecule has 1 saturated heterocycles. The molecule has 1 aliphatic heterocycles. The molecule has 156 valence electrons. The fraction of sp³-hybridized carbons (Fsp3) is 0.462. The SMILES string of the molecule is Cc1cccc(-c2cc(C#N)ccc2[C@@H](O)[C@@H]2CCCN(C(=O)C3CCCC3)C2)c1. The highest BCUT2D eigenvalue weighted by atomic mass is 16.3. The lowest BCUT2D eigenvalue weighted by atomic mass is 9.84. The number of hydrogen-bond donors (Lipinski definition) is 1. The standard InChI is InChI=1S/C26H30N2O2/c1-18-6-4-9-21(14-18)24-15-19(16-27)11-12-23(24)25(29)22-10-5-13-28(17-22)26(30)20-7-2-3-8-20/h4,6,9,11-12,14-15,20,22,25,29H,2-3,5,7-8,10,13,17H2,1H3/t22-,25+/m1/s1. The van der Waals surface area contributed by atoms with Gasteiger partial charge in [0.25, 0.3) is 0 Å². The molecule has 0 spiro atoms. The van der Waals surface area contributed by atoms with Crippen LogP contribution in [0.15, 0.2) is 42.5 Å². The van der Waals surface area contributed by atoms with Crippen molar-refractivity contribution in [2.75, 3.05) is 13.1 Å². The van der Waals surface area contributed by atoms with Crippen LogP contribution in [0.2, 0.25) is 0 Å². The Morgan fingerprint density at radius 3 is 2.67 bits per heavy atom. The molecule has 0 aromatic heterocycles. The molecule has 2 atom stereocenters. The quantitative estimate of drug-likeness (QED) is 0.783. The van der Waals surface area contributed by atoms with E-state index in [4.69, 9.17) is 0 Å². The summed E-state index contributed by atoms with van der Waals surface area (Å²) in [4.78, 5) is 14.9. The Labute approximate surface area is 179 Å². The highest BCUT2D eigenvalue weighted by Gasteiger charge is 2.34. The highest BCUT2D eigenvalue weighted by molar-refractivity contribution is 5.79. The number of nitriles is 1. The van der Waals surface area contributed by atoms with Crippen LogP contribution in [0.25, 0.3) is 11.1 Å². The van der Waals surface area contributed by atoms with E-state index in [0.717, 1.165) is 67.3 Å². The van der Waals surface area contributed by atoms with Crippen LogP contribution in [0.1, 0.15) is 61.3 Å². The largest absolute Gasteiger partial charge is 0.388 e. The molecule has 2 fully saturated rings. The number of benzene rings is 2. The summed E-state index contributed by atoms with van der Waals surface area (Å²) in [6.45, 7) is 3.46. The number of aryl methyl sites for hydroxylation is 1. The van der Waals surface area contributed by atoms with E-state index in [1.165, 1.54) is 0 Å². The maximum Gasteiger partial charge on any atom is 0.225 e. The summed E-state index contributed by atoms with van der Waals surface area (Å²) >= 11 is 0. The van der Waals surface area contributed by atoms with Crippen molar-refractivity contribution in [3.8, 4) is 17.2 Å². The lowest BCUT2D eigenvalue weighted by Crippen LogP contribution is -2.44. The Kier molecular flexibility index (Phi) is 6.20. The first-order chi connectivity index (χ1) is 14.6. The fourth-order valence-corrected chi connectivity index (χ4v) is 5.10. The highest BCUT2D eigenvalue weighted by Crippen LogP contribution is 2.37. The maximum atomic E-state index is 12.9. The number of carbonyl (C=O) groups excluding carboxylic acids is 1. The molecule has 30 heavy (non-hydrogen) atoms. The number of aliphatic hydroxyl groups excluding tert-OH is 1. The molecule has 2 aromatic rings. The van der Waals surface area contributed by atoms with E-state index in [2.05, 4.69) is 12.1 Å². The third-order valence-electron chi connectivity index (χ3n) is 6.75. The molecule has 0 radical (unpaired) electrons. The molecular formula is C26H30N2O2. The van der Waals surface area contributed by atoms with Crippen molar-refractivity contribution in [3.63, 3.8) is 0 Å². The van der Waals surface area contributed by atoms with Crippen LogP contribution in [0.3, 0.4) is 0 Å². The van der Waals surface area contributed by atoms with E-state index in [-0.39, 0.29) is 17.7 Å². The Balaban J connectivity index is 1.60. The molecule has 1 saturated carbocycles. The molecule has 2 aromatic carbocycles. The van der Waals surface area contributed by atoms with Gasteiger partial charge in [0.15, 0.2) is 0 Å². The zero-order valence-electron chi connectivity index (χ0n) is 17.7. The minimum Gasteiger partial charge on any atom is -0.388 e. The van der Waals surface area contributed by atoms with Crippen molar-refractivity contribution < 1.29 is 9.90 Å². The first-order valence-electron chi connectivity index (χ1n) is 11.1. The number of nitrogens with zero attached hydrogens (tertiary/aromatic N) is 2. The maximum absolute atomic E-state index is 12.9. The van der Waals surface area contributed by atoms with Gasteiger partial charge in [-0.3, -0.25) is 4.79 Å². The molecule has 1 amide bonds. The van der Waals surface area contributed by atoms with Crippen LogP contribution in [-0.4, -0.2) is 29.0 Å². The minimum atomic E-state index is -0.660. The zero-order chi connectivity index (χ0) is 21.1. The van der Waals surface area contributed by atoms with Crippen LogP contribution in [0.4, 0.5) is 0 Å². The van der Waals surface area contributed by atoms with Gasteiger partial charge < -0.3 is 10.0 Å². The van der Waals surface area contributed by atoms with Gasteiger partial charge in [-0.25, -0.2) is 0 Å². The molecule has 1 N–H and O–H groups in total. The van der Waals surface area contributed by atoms with Gasteiger partial charge in [-0.1, -0.05) is 48.7 Å². The molecule has 2 aliphatic rings. The third kappa shape index (κ3) is 4.27. The summed E-state index contributed by atoms with van der Waals surface area (Å²) in [5, 5.41) is 20.7. The summed E-state index contributed by atoms with van der Waals surface area (Å²) in [6.07, 6.45) is 5.50. The van der Waals surface area contributed by atoms with Crippen LogP contribution >= 0.6 is 0 Å². The second kappa shape index (κ2) is 9.02. The molecular weight excluding hydrogens is 372 g/mol. The lowest BCUT2D eigenvalue weighted by molar-refractivity contribution is -0.138. The Hall–Kier alpha value is -2.64. The predicted octanol–water partition coefficient (Wildman–Crippen LogP) is 5.00. The van der Waals surface area contributed by atoms with Crippen molar-refractivity contribution in [3.05, 3.63) is 59.2 Å². The van der Waals surface area contributed by atoms with Gasteiger partial charge in [0.2, 0.25) is 5.91 Å². The Morgan fingerprint density at radius 1 is 1.13 bits per heavy atom. The summed E-state index contributed by atoms with van der Waals surface area (Å²) in [6, 6.07) is 15.9. The number of aliphatic hydroxyl groups is 1. The minimum absolute atomic E-state index is 0.0144. The Bertz CT molecular complexity index is 956. The molecule has 1 aliphatic carbocycles. The number of piperidine rings is 1. The topological polar surface area (TPSA) is 64.3 Å². The second-order valence-corrected chi connectivity index (χ2v) is 8.90. The third-order valence-corrected chi connectivity index (χ3v) is 6.75. The normalized spacial score (nSPS) is 20.7. The average Bonchev–Trinajstić information content (AvgIpc) is 3.33. The van der Waals surface area contributed by atoms with E-state index in [0.29, 0.717) is 12.1 Å². The van der Waals surface area contributed by atoms with Gasteiger partial charge in [0.1, 0.15) is 0 Å². The van der Waals surface area contributed by atoms with Crippen LogP contribution < -0.4 is 0 Å². The first-order valence-corrected chi connectivity index (χ1v) is 11.1. The van der Waals surface area contributed by atoms with Crippen LogP contribution in [-0.2, 0) is 4.79 Å². The van der Waals surface area contributed by atoms with Crippen molar-refractivity contribution in [2.24, 2.45) is 11.8 Å². The van der Waals surface area contributed by atoms with Crippen molar-refractivity contribution in [1.82, 2.24) is 4.90 Å². The van der Waals surface area contributed by atoms with Crippen molar-refractivity contribution in [2.45, 2.75) is 51.6 Å². The number of likely N-dealkylation sites (tertiary alicyclic amines) is 1. The Morgan fingerprint density at radius 2 is 1.93 bits per heavy atom. The molecule has 4 nitrogen and oxygen atoms in total. The number of carbonyl (C=O) groups is 1. The lowest BCUT2D eigenvalue weighted by Gasteiger charge is -2.37. The van der Waals surface area contributed by atoms with Gasteiger partial charge in [0, 0.05) is 24.9 Å². The number of hydrogen-bond acceptors (Lipinski definition) is 3. The summed E-state index contributed by atoms with van der Waals surface area (Å²) in [5.74, 6) is 0.474. The van der Waals surface area contributed by atoms with E-state index in [1.54, 1.807) is 6.07 Å². The van der Waals surface area contributed by atoms with Gasteiger partial charge in [0.05, 0.1) is 17.7 Å². The van der Waals surface area contributed by atoms with Crippen molar-refractivity contribution in [1.29, 1.82) is 5.26 Å². The monoisotopic (exact) mass is 402 g/mol. The van der Waals surface area contributed by atoms with Gasteiger partial charge in [-0.15, -0.1) is 0 Å². The fourth-order valence-electron chi connectivity index (χ4n) is 5.10. The van der Waals surface area contributed by atoms with E-state index >= 15 is 0 Å². The smallest absolute Gasteiger partial charge is 0.225 e. The molecule has 4 heteroatoms. The van der Waals surface area contributed by atoms with E-state index in [1.807, 2.05) is 42.2 Å². The van der Waals surface area contributed by atoms with E-state index in [9.17, 15) is 15.2 Å². The van der Waals surface area contributed by atoms with E-state index < -0.39 is 6.10 Å². The van der Waals surface area contributed by atoms with Gasteiger partial charge in [-0.05, 0) is 61.4 Å². The summed E-state index contributed by atoms with van der Waals surface area (Å²) < 4.78 is 0. The summed E-state index contributed by atoms with van der Waals surface area (Å²) in [7, 11) is 0. The summed E-state index contributed by atoms with van der Waals surface area (Å²) in [5.41, 5.74) is 4.49. The van der Waals surface area contributed by atoms with Crippen molar-refractivity contribution >= 4 is 5.91 Å². The molecule has 0 unspecified atom stereocenters. The number of rotatable bonds is 4. The second-order valence-electron chi connectivity index (χ2n) is 8.90.